The van der Waals surface area contributed by atoms with Gasteiger partial charge in [0.25, 0.3) is 0 Å². The highest BCUT2D eigenvalue weighted by Gasteiger charge is 2.16. The first kappa shape index (κ1) is 12.4. The van der Waals surface area contributed by atoms with Crippen molar-refractivity contribution in [2.24, 2.45) is 0 Å². The fraction of sp³-hybridized carbons (Fsp3) is 0.500. The number of aromatic nitrogens is 1. The second-order valence-electron chi connectivity index (χ2n) is 5.30. The average molecular weight is 261 g/mol. The van der Waals surface area contributed by atoms with Gasteiger partial charge in [-0.3, -0.25) is 4.98 Å². The zero-order valence-corrected chi connectivity index (χ0v) is 11.1. The van der Waals surface area contributed by atoms with Crippen LogP contribution in [0.1, 0.15) is 12.0 Å². The SMILES string of the molecule is CN1CCNC(CCc2ccc3[nH]c(=O)oc3c2)C1. The summed E-state index contributed by atoms with van der Waals surface area (Å²) in [7, 11) is 2.16. The molecule has 5 nitrogen and oxygen atoms in total. The summed E-state index contributed by atoms with van der Waals surface area (Å²) in [5.41, 5.74) is 2.63. The predicted octanol–water partition coefficient (Wildman–Crippen LogP) is 0.957. The molecule has 1 aromatic heterocycles. The minimum Gasteiger partial charge on any atom is -0.408 e. The van der Waals surface area contributed by atoms with E-state index >= 15 is 0 Å². The molecule has 0 saturated carbocycles. The maximum atomic E-state index is 11.1. The van der Waals surface area contributed by atoms with E-state index in [1.54, 1.807) is 0 Å². The van der Waals surface area contributed by atoms with Gasteiger partial charge < -0.3 is 14.6 Å². The Bertz CT molecular complexity index is 616. The van der Waals surface area contributed by atoms with E-state index in [1.165, 1.54) is 5.56 Å². The van der Waals surface area contributed by atoms with Crippen molar-refractivity contribution in [2.75, 3.05) is 26.7 Å². The fourth-order valence-corrected chi connectivity index (χ4v) is 2.67. The van der Waals surface area contributed by atoms with E-state index in [0.29, 0.717) is 11.6 Å². The second kappa shape index (κ2) is 5.19. The van der Waals surface area contributed by atoms with Gasteiger partial charge in [-0.05, 0) is 37.6 Å². The van der Waals surface area contributed by atoms with Gasteiger partial charge >= 0.3 is 5.76 Å². The van der Waals surface area contributed by atoms with E-state index in [2.05, 4.69) is 28.3 Å². The number of piperazine rings is 1. The molecular formula is C14H19N3O2. The topological polar surface area (TPSA) is 61.3 Å². The molecule has 102 valence electrons. The molecule has 0 radical (unpaired) electrons. The first-order chi connectivity index (χ1) is 9.20. The second-order valence-corrected chi connectivity index (χ2v) is 5.30. The molecule has 1 aliphatic rings. The molecule has 1 saturated heterocycles. The lowest BCUT2D eigenvalue weighted by atomic mass is 10.0. The summed E-state index contributed by atoms with van der Waals surface area (Å²) in [5, 5.41) is 3.54. The van der Waals surface area contributed by atoms with Crippen LogP contribution in [0.5, 0.6) is 0 Å². The maximum Gasteiger partial charge on any atom is 0.417 e. The fourth-order valence-electron chi connectivity index (χ4n) is 2.67. The van der Waals surface area contributed by atoms with Crippen LogP contribution in [-0.2, 0) is 6.42 Å². The summed E-state index contributed by atoms with van der Waals surface area (Å²) in [5.74, 6) is -0.386. The van der Waals surface area contributed by atoms with Gasteiger partial charge in [0.1, 0.15) is 0 Å². The van der Waals surface area contributed by atoms with Gasteiger partial charge in [0.15, 0.2) is 5.58 Å². The molecule has 5 heteroatoms. The van der Waals surface area contributed by atoms with E-state index in [-0.39, 0.29) is 5.76 Å². The molecule has 2 N–H and O–H groups in total. The molecule has 1 aliphatic heterocycles. The molecule has 2 heterocycles. The quantitative estimate of drug-likeness (QED) is 0.864. The van der Waals surface area contributed by atoms with Gasteiger partial charge in [-0.2, -0.15) is 0 Å². The molecule has 0 bridgehead atoms. The Morgan fingerprint density at radius 1 is 1.47 bits per heavy atom. The Kier molecular flexibility index (Phi) is 3.40. The van der Waals surface area contributed by atoms with Crippen LogP contribution in [-0.4, -0.2) is 42.6 Å². The zero-order valence-electron chi connectivity index (χ0n) is 11.1. The van der Waals surface area contributed by atoms with Crippen LogP contribution in [0, 0.1) is 0 Å². The third-order valence-electron chi connectivity index (χ3n) is 3.73. The van der Waals surface area contributed by atoms with E-state index in [4.69, 9.17) is 4.42 Å². The van der Waals surface area contributed by atoms with E-state index in [9.17, 15) is 4.79 Å². The van der Waals surface area contributed by atoms with Crippen molar-refractivity contribution in [3.63, 3.8) is 0 Å². The van der Waals surface area contributed by atoms with Crippen LogP contribution in [0.15, 0.2) is 27.4 Å². The first-order valence-electron chi connectivity index (χ1n) is 6.74. The monoisotopic (exact) mass is 261 g/mol. The number of aromatic amines is 1. The van der Waals surface area contributed by atoms with E-state index in [0.717, 1.165) is 38.0 Å². The number of aryl methyl sites for hydroxylation is 1. The predicted molar refractivity (Wildman–Crippen MR) is 74.4 cm³/mol. The Hall–Kier alpha value is -1.59. The number of hydrogen-bond acceptors (Lipinski definition) is 4. The molecule has 0 aliphatic carbocycles. The minimum absolute atomic E-state index is 0.386. The lowest BCUT2D eigenvalue weighted by Gasteiger charge is -2.30. The summed E-state index contributed by atoms with van der Waals surface area (Å²) in [4.78, 5) is 16.1. The highest BCUT2D eigenvalue weighted by molar-refractivity contribution is 5.72. The van der Waals surface area contributed by atoms with E-state index < -0.39 is 0 Å². The van der Waals surface area contributed by atoms with Crippen molar-refractivity contribution in [1.29, 1.82) is 0 Å². The molecular weight excluding hydrogens is 242 g/mol. The number of benzene rings is 1. The van der Waals surface area contributed by atoms with Gasteiger partial charge in [-0.1, -0.05) is 6.07 Å². The number of rotatable bonds is 3. The third kappa shape index (κ3) is 2.88. The van der Waals surface area contributed by atoms with Crippen molar-refractivity contribution < 1.29 is 4.42 Å². The smallest absolute Gasteiger partial charge is 0.408 e. The van der Waals surface area contributed by atoms with Gasteiger partial charge in [0.2, 0.25) is 0 Å². The molecule has 1 atom stereocenters. The zero-order chi connectivity index (χ0) is 13.2. The third-order valence-corrected chi connectivity index (χ3v) is 3.73. The van der Waals surface area contributed by atoms with Gasteiger partial charge in [0.05, 0.1) is 5.52 Å². The molecule has 0 spiro atoms. The molecule has 1 aromatic carbocycles. The van der Waals surface area contributed by atoms with Gasteiger partial charge in [-0.25, -0.2) is 4.79 Å². The van der Waals surface area contributed by atoms with Crippen LogP contribution in [0.25, 0.3) is 11.1 Å². The number of hydrogen-bond donors (Lipinski definition) is 2. The average Bonchev–Trinajstić information content (AvgIpc) is 2.75. The minimum atomic E-state index is -0.386. The van der Waals surface area contributed by atoms with Crippen LogP contribution < -0.4 is 11.1 Å². The summed E-state index contributed by atoms with van der Waals surface area (Å²) < 4.78 is 5.08. The molecule has 0 amide bonds. The molecule has 1 unspecified atom stereocenters. The van der Waals surface area contributed by atoms with Crippen molar-refractivity contribution >= 4 is 11.1 Å². The number of fused-ring (bicyclic) bond motifs is 1. The number of H-pyrrole nitrogens is 1. The highest BCUT2D eigenvalue weighted by atomic mass is 16.4. The van der Waals surface area contributed by atoms with Crippen molar-refractivity contribution in [3.8, 4) is 0 Å². The van der Waals surface area contributed by atoms with Crippen LogP contribution >= 0.6 is 0 Å². The summed E-state index contributed by atoms with van der Waals surface area (Å²) >= 11 is 0. The lowest BCUT2D eigenvalue weighted by molar-refractivity contribution is 0.232. The number of nitrogens with zero attached hydrogens (tertiary/aromatic N) is 1. The maximum absolute atomic E-state index is 11.1. The number of nitrogens with one attached hydrogen (secondary N) is 2. The molecule has 1 fully saturated rings. The lowest BCUT2D eigenvalue weighted by Crippen LogP contribution is -2.49. The highest BCUT2D eigenvalue weighted by Crippen LogP contribution is 2.15. The number of oxazole rings is 1. The largest absolute Gasteiger partial charge is 0.417 e. The van der Waals surface area contributed by atoms with Crippen molar-refractivity contribution in [1.82, 2.24) is 15.2 Å². The van der Waals surface area contributed by atoms with Crippen molar-refractivity contribution in [3.05, 3.63) is 34.3 Å². The Labute approximate surface area is 111 Å². The van der Waals surface area contributed by atoms with Crippen LogP contribution in [0.4, 0.5) is 0 Å². The first-order valence-corrected chi connectivity index (χ1v) is 6.74. The summed E-state index contributed by atoms with van der Waals surface area (Å²) in [6.45, 7) is 3.28. The normalized spacial score (nSPS) is 21.0. The van der Waals surface area contributed by atoms with Crippen molar-refractivity contribution in [2.45, 2.75) is 18.9 Å². The Morgan fingerprint density at radius 3 is 3.21 bits per heavy atom. The standard InChI is InChI=1S/C14H19N3O2/c1-17-7-6-15-11(9-17)4-2-10-3-5-12-13(8-10)19-14(18)16-12/h3,5,8,11,15H,2,4,6-7,9H2,1H3,(H,16,18). The molecule has 2 aromatic rings. The van der Waals surface area contributed by atoms with Crippen LogP contribution in [0.3, 0.4) is 0 Å². The summed E-state index contributed by atoms with van der Waals surface area (Å²) in [6.07, 6.45) is 2.10. The van der Waals surface area contributed by atoms with Gasteiger partial charge in [0, 0.05) is 25.7 Å². The van der Waals surface area contributed by atoms with Crippen LogP contribution in [0.2, 0.25) is 0 Å². The Balaban J connectivity index is 1.66. The molecule has 3 rings (SSSR count). The summed E-state index contributed by atoms with van der Waals surface area (Å²) in [6, 6.07) is 6.48. The number of likely N-dealkylation sites (N-methyl/N-ethyl adjacent to an activating group) is 1. The van der Waals surface area contributed by atoms with E-state index in [1.807, 2.05) is 12.1 Å². The van der Waals surface area contributed by atoms with Gasteiger partial charge in [-0.15, -0.1) is 0 Å². The molecule has 19 heavy (non-hydrogen) atoms. The Morgan fingerprint density at radius 2 is 2.37 bits per heavy atom.